The number of nitrogens with zero attached hydrogens (tertiary/aromatic N) is 2. The number of aromatic nitrogens is 1. The van der Waals surface area contributed by atoms with Gasteiger partial charge in [-0.2, -0.15) is 0 Å². The standard InChI is InChI=1S/C22H23ClFN3O5/c1-11(2)26-10-22(6-13(22)9-28)27-8-14(18(29)19(30)17(27)21(26)32)20(31)25-7-12-4-3-5-15(23)16(12)24/h3-5,8,11,13,28,30H,6-7,9-10H2,1-2H3,(H,25,31)/t13-,22-/m1/s1. The van der Waals surface area contributed by atoms with Gasteiger partial charge in [-0.3, -0.25) is 14.4 Å². The highest BCUT2D eigenvalue weighted by molar-refractivity contribution is 6.30. The van der Waals surface area contributed by atoms with Crippen LogP contribution >= 0.6 is 11.6 Å². The molecule has 1 aromatic carbocycles. The lowest BCUT2D eigenvalue weighted by atomic mass is 10.0. The topological polar surface area (TPSA) is 112 Å². The summed E-state index contributed by atoms with van der Waals surface area (Å²) in [5.74, 6) is -3.02. The zero-order chi connectivity index (χ0) is 23.4. The van der Waals surface area contributed by atoms with Crippen LogP contribution in [0.4, 0.5) is 4.39 Å². The number of halogens is 2. The van der Waals surface area contributed by atoms with Crippen LogP contribution < -0.4 is 10.7 Å². The van der Waals surface area contributed by atoms with Gasteiger partial charge in [0.05, 0.1) is 10.6 Å². The van der Waals surface area contributed by atoms with E-state index < -0.39 is 34.3 Å². The number of pyridine rings is 1. The van der Waals surface area contributed by atoms with Crippen LogP contribution in [0.5, 0.6) is 5.75 Å². The van der Waals surface area contributed by atoms with Crippen LogP contribution in [-0.4, -0.2) is 50.7 Å². The minimum atomic E-state index is -0.990. The summed E-state index contributed by atoms with van der Waals surface area (Å²) in [6.45, 7) is 3.57. The monoisotopic (exact) mass is 463 g/mol. The molecule has 1 fully saturated rings. The third-order valence-corrected chi connectivity index (χ3v) is 6.62. The molecule has 10 heteroatoms. The molecule has 170 valence electrons. The maximum absolute atomic E-state index is 14.1. The Bertz CT molecular complexity index is 1180. The van der Waals surface area contributed by atoms with Crippen molar-refractivity contribution in [3.63, 3.8) is 0 Å². The molecule has 8 nitrogen and oxygen atoms in total. The number of benzene rings is 1. The quantitative estimate of drug-likeness (QED) is 0.626. The van der Waals surface area contributed by atoms with Crippen LogP contribution in [0.15, 0.2) is 29.2 Å². The van der Waals surface area contributed by atoms with Gasteiger partial charge in [0, 0.05) is 43.4 Å². The largest absolute Gasteiger partial charge is 0.503 e. The third kappa shape index (κ3) is 3.36. The number of amides is 2. The van der Waals surface area contributed by atoms with E-state index in [0.29, 0.717) is 13.0 Å². The first-order valence-electron chi connectivity index (χ1n) is 10.2. The maximum atomic E-state index is 14.1. The fourth-order valence-electron chi connectivity index (χ4n) is 4.36. The molecule has 32 heavy (non-hydrogen) atoms. The molecule has 4 rings (SSSR count). The van der Waals surface area contributed by atoms with Crippen molar-refractivity contribution in [2.24, 2.45) is 5.92 Å². The SMILES string of the molecule is CC(C)N1C[C@@]2(C[C@@H]2CO)n2cc(C(=O)NCc3cccc(Cl)c3F)c(=O)c(O)c2C1=O. The van der Waals surface area contributed by atoms with E-state index in [4.69, 9.17) is 11.6 Å². The summed E-state index contributed by atoms with van der Waals surface area (Å²) in [7, 11) is 0. The van der Waals surface area contributed by atoms with Crippen molar-refractivity contribution in [1.82, 2.24) is 14.8 Å². The van der Waals surface area contributed by atoms with Crippen molar-refractivity contribution >= 4 is 23.4 Å². The second kappa shape index (κ2) is 7.90. The minimum Gasteiger partial charge on any atom is -0.503 e. The van der Waals surface area contributed by atoms with Crippen molar-refractivity contribution in [3.05, 3.63) is 62.3 Å². The number of carbonyl (C=O) groups is 2. The number of hydrogen-bond acceptors (Lipinski definition) is 5. The van der Waals surface area contributed by atoms with Gasteiger partial charge in [-0.05, 0) is 26.3 Å². The lowest BCUT2D eigenvalue weighted by molar-refractivity contribution is 0.0551. The number of nitrogens with one attached hydrogen (secondary N) is 1. The third-order valence-electron chi connectivity index (χ3n) is 6.33. The highest BCUT2D eigenvalue weighted by Gasteiger charge is 2.60. The first-order chi connectivity index (χ1) is 15.1. The molecule has 0 saturated heterocycles. The fourth-order valence-corrected chi connectivity index (χ4v) is 4.56. The van der Waals surface area contributed by atoms with Gasteiger partial charge in [-0.1, -0.05) is 23.7 Å². The van der Waals surface area contributed by atoms with Gasteiger partial charge in [0.1, 0.15) is 11.4 Å². The zero-order valence-corrected chi connectivity index (χ0v) is 18.3. The lowest BCUT2D eigenvalue weighted by Gasteiger charge is -2.39. The number of carbonyl (C=O) groups excluding carboxylic acids is 2. The Morgan fingerprint density at radius 3 is 2.72 bits per heavy atom. The normalized spacial score (nSPS) is 21.8. The van der Waals surface area contributed by atoms with E-state index in [1.165, 1.54) is 29.0 Å². The van der Waals surface area contributed by atoms with Crippen molar-refractivity contribution in [3.8, 4) is 5.75 Å². The van der Waals surface area contributed by atoms with E-state index in [1.807, 2.05) is 13.8 Å². The molecular formula is C22H23ClFN3O5. The number of aliphatic hydroxyl groups is 1. The van der Waals surface area contributed by atoms with Gasteiger partial charge in [0.15, 0.2) is 11.4 Å². The van der Waals surface area contributed by atoms with E-state index in [9.17, 15) is 29.0 Å². The highest BCUT2D eigenvalue weighted by Crippen LogP contribution is 2.54. The molecule has 2 aromatic rings. The predicted octanol–water partition coefficient (Wildman–Crippen LogP) is 1.85. The van der Waals surface area contributed by atoms with Crippen molar-refractivity contribution in [2.45, 2.75) is 38.4 Å². The summed E-state index contributed by atoms with van der Waals surface area (Å²) in [5.41, 5.74) is -2.13. The fraction of sp³-hybridized carbons (Fsp3) is 0.409. The van der Waals surface area contributed by atoms with Crippen LogP contribution in [0.2, 0.25) is 5.02 Å². The zero-order valence-electron chi connectivity index (χ0n) is 17.6. The maximum Gasteiger partial charge on any atom is 0.274 e. The first-order valence-corrected chi connectivity index (χ1v) is 10.6. The van der Waals surface area contributed by atoms with E-state index in [1.54, 1.807) is 4.90 Å². The molecule has 0 bridgehead atoms. The molecule has 1 spiro atoms. The Hall–Kier alpha value is -2.91. The molecule has 2 heterocycles. The number of aromatic hydroxyl groups is 1. The Morgan fingerprint density at radius 1 is 1.38 bits per heavy atom. The lowest BCUT2D eigenvalue weighted by Crippen LogP contribution is -2.52. The predicted molar refractivity (Wildman–Crippen MR) is 114 cm³/mol. The van der Waals surface area contributed by atoms with Crippen molar-refractivity contribution < 1.29 is 24.2 Å². The number of aliphatic hydroxyl groups excluding tert-OH is 1. The van der Waals surface area contributed by atoms with Crippen LogP contribution in [-0.2, 0) is 12.1 Å². The van der Waals surface area contributed by atoms with Crippen LogP contribution in [0.25, 0.3) is 0 Å². The van der Waals surface area contributed by atoms with Crippen LogP contribution in [0.3, 0.4) is 0 Å². The molecule has 3 N–H and O–H groups in total. The number of hydrogen-bond donors (Lipinski definition) is 3. The summed E-state index contributed by atoms with van der Waals surface area (Å²) >= 11 is 5.75. The summed E-state index contributed by atoms with van der Waals surface area (Å²) in [4.78, 5) is 40.1. The molecule has 1 aliphatic heterocycles. The van der Waals surface area contributed by atoms with Gasteiger partial charge >= 0.3 is 0 Å². The molecule has 1 aliphatic carbocycles. The van der Waals surface area contributed by atoms with Crippen molar-refractivity contribution in [2.75, 3.05) is 13.2 Å². The Labute approximate surface area is 188 Å². The Kier molecular flexibility index (Phi) is 5.50. The molecule has 0 unspecified atom stereocenters. The van der Waals surface area contributed by atoms with Gasteiger partial charge in [0.25, 0.3) is 11.8 Å². The molecule has 0 radical (unpaired) electrons. The second-order valence-corrected chi connectivity index (χ2v) is 8.96. The smallest absolute Gasteiger partial charge is 0.274 e. The molecule has 1 aromatic heterocycles. The summed E-state index contributed by atoms with van der Waals surface area (Å²) in [5, 5.41) is 22.7. The van der Waals surface area contributed by atoms with Gasteiger partial charge < -0.3 is 25.0 Å². The Balaban J connectivity index is 1.73. The molecule has 2 atom stereocenters. The van der Waals surface area contributed by atoms with Gasteiger partial charge in [-0.15, -0.1) is 0 Å². The van der Waals surface area contributed by atoms with E-state index in [0.717, 1.165) is 0 Å². The minimum absolute atomic E-state index is 0.0952. The highest BCUT2D eigenvalue weighted by atomic mass is 35.5. The average molecular weight is 464 g/mol. The molecule has 2 aliphatic rings. The van der Waals surface area contributed by atoms with Crippen molar-refractivity contribution in [1.29, 1.82) is 0 Å². The summed E-state index contributed by atoms with van der Waals surface area (Å²) in [6.07, 6.45) is 1.79. The van der Waals surface area contributed by atoms with Crippen LogP contribution in [0, 0.1) is 11.7 Å². The van der Waals surface area contributed by atoms with E-state index in [-0.39, 0.29) is 47.0 Å². The second-order valence-electron chi connectivity index (χ2n) is 8.55. The Morgan fingerprint density at radius 2 is 2.09 bits per heavy atom. The van der Waals surface area contributed by atoms with E-state index >= 15 is 0 Å². The molecular weight excluding hydrogens is 441 g/mol. The van der Waals surface area contributed by atoms with Gasteiger partial charge in [0.2, 0.25) is 5.43 Å². The number of rotatable bonds is 5. The van der Waals surface area contributed by atoms with Crippen LogP contribution in [0.1, 0.15) is 46.7 Å². The molecule has 2 amide bonds. The first kappa shape index (κ1) is 22.3. The average Bonchev–Trinajstić information content (AvgIpc) is 3.47. The molecule has 1 saturated carbocycles. The van der Waals surface area contributed by atoms with Gasteiger partial charge in [-0.25, -0.2) is 4.39 Å². The summed E-state index contributed by atoms with van der Waals surface area (Å²) in [6, 6.07) is 4.17. The number of fused-ring (bicyclic) bond motifs is 2. The summed E-state index contributed by atoms with van der Waals surface area (Å²) < 4.78 is 15.6. The van der Waals surface area contributed by atoms with E-state index in [2.05, 4.69) is 5.32 Å².